The third-order valence-electron chi connectivity index (χ3n) is 2.00. The molecule has 1 aromatic rings. The Hall–Kier alpha value is -1.76. The Labute approximate surface area is 88.7 Å². The quantitative estimate of drug-likeness (QED) is 0.714. The maximum atomic E-state index is 12.3. The highest BCUT2D eigenvalue weighted by Gasteiger charge is 2.39. The summed E-state index contributed by atoms with van der Waals surface area (Å²) in [7, 11) is 0. The predicted molar refractivity (Wildman–Crippen MR) is 49.6 cm³/mol. The summed E-state index contributed by atoms with van der Waals surface area (Å²) in [6, 6.07) is 0.535. The van der Waals surface area contributed by atoms with Gasteiger partial charge in [-0.2, -0.15) is 13.2 Å². The molecule has 0 radical (unpaired) electrons. The minimum atomic E-state index is -4.70. The van der Waals surface area contributed by atoms with Crippen LogP contribution in [0, 0.1) is 0 Å². The molecule has 0 heterocycles. The maximum Gasteiger partial charge on any atom is 0.407 e. The SMILES string of the molecule is NC(=O)c1ccc(O)c([C@H](N)C(F)(F)F)c1. The number of amides is 1. The van der Waals surface area contributed by atoms with Gasteiger partial charge in [-0.05, 0) is 18.2 Å². The van der Waals surface area contributed by atoms with E-state index < -0.39 is 29.4 Å². The van der Waals surface area contributed by atoms with Crippen LogP contribution < -0.4 is 11.5 Å². The van der Waals surface area contributed by atoms with Gasteiger partial charge < -0.3 is 16.6 Å². The second-order valence-electron chi connectivity index (χ2n) is 3.16. The van der Waals surface area contributed by atoms with E-state index in [1.54, 1.807) is 0 Å². The van der Waals surface area contributed by atoms with Crippen molar-refractivity contribution in [3.63, 3.8) is 0 Å². The van der Waals surface area contributed by atoms with Crippen molar-refractivity contribution in [1.29, 1.82) is 0 Å². The minimum Gasteiger partial charge on any atom is -0.508 e. The van der Waals surface area contributed by atoms with Crippen LogP contribution in [0.4, 0.5) is 13.2 Å². The highest BCUT2D eigenvalue weighted by Crippen LogP contribution is 2.35. The number of benzene rings is 1. The zero-order valence-corrected chi connectivity index (χ0v) is 7.95. The van der Waals surface area contributed by atoms with Gasteiger partial charge in [0, 0.05) is 11.1 Å². The summed E-state index contributed by atoms with van der Waals surface area (Å²) >= 11 is 0. The van der Waals surface area contributed by atoms with Gasteiger partial charge in [-0.15, -0.1) is 0 Å². The number of phenolic OH excluding ortho intramolecular Hbond substituents is 1. The number of phenols is 1. The third kappa shape index (κ3) is 2.43. The summed E-state index contributed by atoms with van der Waals surface area (Å²) < 4.78 is 36.9. The number of hydrogen-bond acceptors (Lipinski definition) is 3. The van der Waals surface area contributed by atoms with Crippen molar-refractivity contribution in [3.8, 4) is 5.75 Å². The fourth-order valence-electron chi connectivity index (χ4n) is 1.13. The lowest BCUT2D eigenvalue weighted by Gasteiger charge is -2.17. The summed E-state index contributed by atoms with van der Waals surface area (Å²) in [6.07, 6.45) is -4.70. The van der Waals surface area contributed by atoms with Gasteiger partial charge in [0.1, 0.15) is 11.8 Å². The Kier molecular flexibility index (Phi) is 3.09. The molecule has 0 fully saturated rings. The van der Waals surface area contributed by atoms with E-state index in [0.717, 1.165) is 18.2 Å². The van der Waals surface area contributed by atoms with Gasteiger partial charge in [0.25, 0.3) is 0 Å². The molecule has 0 saturated heterocycles. The molecule has 0 unspecified atom stereocenters. The summed E-state index contributed by atoms with van der Waals surface area (Å²) in [5, 5.41) is 9.22. The van der Waals surface area contributed by atoms with Crippen molar-refractivity contribution in [3.05, 3.63) is 29.3 Å². The average Bonchev–Trinajstić information content (AvgIpc) is 2.15. The van der Waals surface area contributed by atoms with Gasteiger partial charge in [0.05, 0.1) is 0 Å². The van der Waals surface area contributed by atoms with E-state index >= 15 is 0 Å². The molecule has 0 aliphatic carbocycles. The van der Waals surface area contributed by atoms with Crippen molar-refractivity contribution in [2.75, 3.05) is 0 Å². The number of aromatic hydroxyl groups is 1. The van der Waals surface area contributed by atoms with E-state index in [9.17, 15) is 23.1 Å². The fraction of sp³-hybridized carbons (Fsp3) is 0.222. The number of alkyl halides is 3. The van der Waals surface area contributed by atoms with Crippen molar-refractivity contribution in [2.45, 2.75) is 12.2 Å². The van der Waals surface area contributed by atoms with Crippen LogP contribution in [0.15, 0.2) is 18.2 Å². The zero-order valence-electron chi connectivity index (χ0n) is 7.95. The molecule has 1 amide bonds. The Morgan fingerprint density at radius 2 is 1.94 bits per heavy atom. The molecule has 0 spiro atoms. The van der Waals surface area contributed by atoms with Crippen LogP contribution in [0.1, 0.15) is 22.0 Å². The number of primary amides is 1. The molecule has 0 saturated carbocycles. The number of halogens is 3. The Bertz CT molecular complexity index is 418. The van der Waals surface area contributed by atoms with Gasteiger partial charge in [-0.3, -0.25) is 4.79 Å². The first kappa shape index (κ1) is 12.3. The van der Waals surface area contributed by atoms with E-state index in [1.807, 2.05) is 0 Å². The lowest BCUT2D eigenvalue weighted by Crippen LogP contribution is -2.28. The third-order valence-corrected chi connectivity index (χ3v) is 2.00. The largest absolute Gasteiger partial charge is 0.508 e. The first-order valence-electron chi connectivity index (χ1n) is 4.18. The molecule has 1 aromatic carbocycles. The number of carbonyl (C=O) groups excluding carboxylic acids is 1. The van der Waals surface area contributed by atoms with Gasteiger partial charge in [-0.1, -0.05) is 0 Å². The van der Waals surface area contributed by atoms with Crippen molar-refractivity contribution in [2.24, 2.45) is 11.5 Å². The Morgan fingerprint density at radius 1 is 1.38 bits per heavy atom. The van der Waals surface area contributed by atoms with Crippen LogP contribution in [-0.4, -0.2) is 17.2 Å². The standard InChI is InChI=1S/C9H9F3N2O2/c10-9(11,12)7(13)5-3-4(8(14)16)1-2-6(5)15/h1-3,7,15H,13H2,(H2,14,16)/t7-/m0/s1. The Balaban J connectivity index is 3.22. The molecule has 0 aromatic heterocycles. The lowest BCUT2D eigenvalue weighted by atomic mass is 10.0. The van der Waals surface area contributed by atoms with Crippen LogP contribution in [0.5, 0.6) is 5.75 Å². The molecule has 4 nitrogen and oxygen atoms in total. The van der Waals surface area contributed by atoms with Crippen LogP contribution in [0.25, 0.3) is 0 Å². The van der Waals surface area contributed by atoms with Gasteiger partial charge in [-0.25, -0.2) is 0 Å². The number of carbonyl (C=O) groups is 1. The smallest absolute Gasteiger partial charge is 0.407 e. The molecule has 0 aliphatic rings. The number of rotatable bonds is 2. The summed E-state index contributed by atoms with van der Waals surface area (Å²) in [5.41, 5.74) is 9.08. The number of hydrogen-bond donors (Lipinski definition) is 3. The molecule has 16 heavy (non-hydrogen) atoms. The number of nitrogens with two attached hydrogens (primary N) is 2. The Morgan fingerprint density at radius 3 is 2.38 bits per heavy atom. The van der Waals surface area contributed by atoms with Crippen molar-refractivity contribution < 1.29 is 23.1 Å². The molecule has 1 rings (SSSR count). The molecule has 0 bridgehead atoms. The normalized spacial score (nSPS) is 13.5. The first-order chi connectivity index (χ1) is 7.23. The monoisotopic (exact) mass is 234 g/mol. The molecule has 7 heteroatoms. The maximum absolute atomic E-state index is 12.3. The highest BCUT2D eigenvalue weighted by atomic mass is 19.4. The van der Waals surface area contributed by atoms with Gasteiger partial charge in [0.2, 0.25) is 5.91 Å². The fourth-order valence-corrected chi connectivity index (χ4v) is 1.13. The van der Waals surface area contributed by atoms with Crippen LogP contribution in [0.2, 0.25) is 0 Å². The van der Waals surface area contributed by atoms with Gasteiger partial charge >= 0.3 is 6.18 Å². The van der Waals surface area contributed by atoms with E-state index in [-0.39, 0.29) is 5.56 Å². The lowest BCUT2D eigenvalue weighted by molar-refractivity contribution is -0.149. The van der Waals surface area contributed by atoms with E-state index in [2.05, 4.69) is 0 Å². The summed E-state index contributed by atoms with van der Waals surface area (Å²) in [5.74, 6) is -1.52. The molecular formula is C9H9F3N2O2. The topological polar surface area (TPSA) is 89.3 Å². The molecule has 1 atom stereocenters. The predicted octanol–water partition coefficient (Wildman–Crippen LogP) is 1.05. The average molecular weight is 234 g/mol. The van der Waals surface area contributed by atoms with Crippen LogP contribution in [0.3, 0.4) is 0 Å². The first-order valence-corrected chi connectivity index (χ1v) is 4.18. The molecule has 5 N–H and O–H groups in total. The highest BCUT2D eigenvalue weighted by molar-refractivity contribution is 5.93. The molecular weight excluding hydrogens is 225 g/mol. The molecule has 0 aliphatic heterocycles. The zero-order chi connectivity index (χ0) is 12.5. The van der Waals surface area contributed by atoms with E-state index in [0.29, 0.717) is 0 Å². The van der Waals surface area contributed by atoms with Crippen molar-refractivity contribution >= 4 is 5.91 Å². The van der Waals surface area contributed by atoms with E-state index in [4.69, 9.17) is 11.5 Å². The second kappa shape index (κ2) is 4.01. The van der Waals surface area contributed by atoms with Crippen LogP contribution in [-0.2, 0) is 0 Å². The minimum absolute atomic E-state index is 0.146. The van der Waals surface area contributed by atoms with Crippen LogP contribution >= 0.6 is 0 Å². The second-order valence-corrected chi connectivity index (χ2v) is 3.16. The van der Waals surface area contributed by atoms with Crippen molar-refractivity contribution in [1.82, 2.24) is 0 Å². The molecule has 88 valence electrons. The summed E-state index contributed by atoms with van der Waals surface area (Å²) in [4.78, 5) is 10.8. The summed E-state index contributed by atoms with van der Waals surface area (Å²) in [6.45, 7) is 0. The van der Waals surface area contributed by atoms with E-state index in [1.165, 1.54) is 0 Å². The van der Waals surface area contributed by atoms with Gasteiger partial charge in [0.15, 0.2) is 0 Å².